The number of anilines is 1. The minimum absolute atomic E-state index is 0.156. The summed E-state index contributed by atoms with van der Waals surface area (Å²) in [6.07, 6.45) is 0.847. The largest absolute Gasteiger partial charge is 0.491 e. The number of hydrogen-bond acceptors (Lipinski definition) is 5. The van der Waals surface area contributed by atoms with Crippen molar-refractivity contribution in [2.24, 2.45) is 0 Å². The molecule has 2 atom stereocenters. The van der Waals surface area contributed by atoms with Crippen LogP contribution < -0.4 is 15.0 Å². The molecule has 0 saturated heterocycles. The maximum Gasteiger partial charge on any atom is 0.326 e. The number of para-hydroxylation sites is 2. The molecule has 0 aromatic heterocycles. The van der Waals surface area contributed by atoms with E-state index in [-0.39, 0.29) is 37.4 Å². The summed E-state index contributed by atoms with van der Waals surface area (Å²) in [7, 11) is 0. The molecule has 7 nitrogen and oxygen atoms in total. The summed E-state index contributed by atoms with van der Waals surface area (Å²) in [5, 5.41) is 2.96. The van der Waals surface area contributed by atoms with Gasteiger partial charge >= 0.3 is 5.97 Å². The number of esters is 1. The third-order valence-electron chi connectivity index (χ3n) is 5.09. The third kappa shape index (κ3) is 5.84. The van der Waals surface area contributed by atoms with E-state index in [2.05, 4.69) is 5.32 Å². The molecule has 0 unspecified atom stereocenters. The van der Waals surface area contributed by atoms with E-state index in [9.17, 15) is 14.4 Å². The molecule has 2 amide bonds. The van der Waals surface area contributed by atoms with Gasteiger partial charge in [-0.1, -0.05) is 55.8 Å². The Labute approximate surface area is 182 Å². The lowest BCUT2D eigenvalue weighted by atomic mass is 10.0. The first-order chi connectivity index (χ1) is 15.0. The zero-order valence-electron chi connectivity index (χ0n) is 17.9. The monoisotopic (exact) mass is 424 g/mol. The second kappa shape index (κ2) is 10.6. The van der Waals surface area contributed by atoms with Gasteiger partial charge in [0.2, 0.25) is 5.91 Å². The number of nitrogens with one attached hydrogen (secondary N) is 1. The van der Waals surface area contributed by atoms with Gasteiger partial charge in [0.25, 0.3) is 5.91 Å². The van der Waals surface area contributed by atoms with E-state index >= 15 is 0 Å². The normalized spacial score (nSPS) is 15.2. The lowest BCUT2D eigenvalue weighted by Gasteiger charge is -2.23. The fourth-order valence-corrected chi connectivity index (χ4v) is 3.50. The summed E-state index contributed by atoms with van der Waals surface area (Å²) < 4.78 is 10.9. The molecule has 0 spiro atoms. The molecule has 2 aromatic carbocycles. The van der Waals surface area contributed by atoms with Gasteiger partial charge < -0.3 is 14.8 Å². The number of amides is 2. The summed E-state index contributed by atoms with van der Waals surface area (Å²) in [4.78, 5) is 39.0. The Hall–Kier alpha value is -3.35. The fraction of sp³-hybridized carbons (Fsp3) is 0.375. The van der Waals surface area contributed by atoms with E-state index in [4.69, 9.17) is 9.47 Å². The minimum atomic E-state index is -0.982. The van der Waals surface area contributed by atoms with Gasteiger partial charge in [-0.25, -0.2) is 0 Å². The first-order valence-corrected chi connectivity index (χ1v) is 10.6. The van der Waals surface area contributed by atoms with Crippen LogP contribution in [0.1, 0.15) is 44.7 Å². The molecular weight excluding hydrogens is 396 g/mol. The lowest BCUT2D eigenvalue weighted by molar-refractivity contribution is -0.154. The second-order valence-electron chi connectivity index (χ2n) is 7.44. The molecule has 1 aliphatic heterocycles. The van der Waals surface area contributed by atoms with Gasteiger partial charge in [-0.2, -0.15) is 0 Å². The van der Waals surface area contributed by atoms with Crippen molar-refractivity contribution in [1.82, 2.24) is 5.32 Å². The number of carbonyl (C=O) groups is 3. The second-order valence-corrected chi connectivity index (χ2v) is 7.44. The Kier molecular flexibility index (Phi) is 7.65. The molecule has 0 bridgehead atoms. The van der Waals surface area contributed by atoms with Crippen LogP contribution in [0.5, 0.6) is 5.75 Å². The van der Waals surface area contributed by atoms with E-state index in [0.717, 1.165) is 18.4 Å². The maximum atomic E-state index is 12.7. The van der Waals surface area contributed by atoms with E-state index in [1.807, 2.05) is 37.3 Å². The highest BCUT2D eigenvalue weighted by molar-refractivity contribution is 5.99. The summed E-state index contributed by atoms with van der Waals surface area (Å²) >= 11 is 0. The SMILES string of the molecule is CCC[C@@H](NC(=O)[C@@H](C)OC(=O)CN1C(=O)CCOc2ccccc21)c1ccccc1. The summed E-state index contributed by atoms with van der Waals surface area (Å²) in [5.41, 5.74) is 1.52. The Morgan fingerprint density at radius 3 is 2.58 bits per heavy atom. The maximum absolute atomic E-state index is 12.7. The van der Waals surface area contributed by atoms with Crippen molar-refractivity contribution < 1.29 is 23.9 Å². The first-order valence-electron chi connectivity index (χ1n) is 10.6. The van der Waals surface area contributed by atoms with Crippen LogP contribution in [0.4, 0.5) is 5.69 Å². The van der Waals surface area contributed by atoms with Crippen molar-refractivity contribution >= 4 is 23.5 Å². The highest BCUT2D eigenvalue weighted by Crippen LogP contribution is 2.30. The van der Waals surface area contributed by atoms with Crippen molar-refractivity contribution in [3.05, 3.63) is 60.2 Å². The van der Waals surface area contributed by atoms with Crippen LogP contribution in [0.3, 0.4) is 0 Å². The number of ether oxygens (including phenoxy) is 2. The Morgan fingerprint density at radius 1 is 1.13 bits per heavy atom. The fourth-order valence-electron chi connectivity index (χ4n) is 3.50. The molecule has 0 fully saturated rings. The first kappa shape index (κ1) is 22.3. The van der Waals surface area contributed by atoms with Gasteiger partial charge in [-0.05, 0) is 31.0 Å². The number of carbonyl (C=O) groups excluding carboxylic acids is 3. The Morgan fingerprint density at radius 2 is 1.84 bits per heavy atom. The van der Waals surface area contributed by atoms with Crippen molar-refractivity contribution in [2.75, 3.05) is 18.1 Å². The number of rotatable bonds is 8. The van der Waals surface area contributed by atoms with Crippen molar-refractivity contribution in [1.29, 1.82) is 0 Å². The predicted octanol–water partition coefficient (Wildman–Crippen LogP) is 3.39. The van der Waals surface area contributed by atoms with Gasteiger partial charge in [-0.15, -0.1) is 0 Å². The molecule has 164 valence electrons. The van der Waals surface area contributed by atoms with Crippen LogP contribution in [-0.4, -0.2) is 37.0 Å². The quantitative estimate of drug-likeness (QED) is 0.657. The zero-order valence-corrected chi connectivity index (χ0v) is 17.9. The minimum Gasteiger partial charge on any atom is -0.491 e. The van der Waals surface area contributed by atoms with Gasteiger partial charge in [0, 0.05) is 0 Å². The summed E-state index contributed by atoms with van der Waals surface area (Å²) in [6.45, 7) is 3.54. The predicted molar refractivity (Wildman–Crippen MR) is 117 cm³/mol. The van der Waals surface area contributed by atoms with Crippen LogP contribution in [0, 0.1) is 0 Å². The molecule has 2 aromatic rings. The number of nitrogens with zero attached hydrogens (tertiary/aromatic N) is 1. The average Bonchev–Trinajstić information content (AvgIpc) is 2.92. The zero-order chi connectivity index (χ0) is 22.2. The van der Waals surface area contributed by atoms with Crippen LogP contribution >= 0.6 is 0 Å². The summed E-state index contributed by atoms with van der Waals surface area (Å²) in [5.74, 6) is -0.718. The topological polar surface area (TPSA) is 84.9 Å². The molecule has 31 heavy (non-hydrogen) atoms. The lowest BCUT2D eigenvalue weighted by Crippen LogP contribution is -2.41. The smallest absolute Gasteiger partial charge is 0.326 e. The molecule has 0 radical (unpaired) electrons. The standard InChI is InChI=1S/C24H28N2O5/c1-3-9-19(18-10-5-4-6-11-18)25-24(29)17(2)31-23(28)16-26-20-12-7-8-13-21(20)30-15-14-22(26)27/h4-8,10-13,17,19H,3,9,14-16H2,1-2H3,(H,25,29)/t17-,19-/m1/s1. The van der Waals surface area contributed by atoms with Crippen molar-refractivity contribution in [2.45, 2.75) is 45.3 Å². The van der Waals surface area contributed by atoms with E-state index < -0.39 is 12.1 Å². The van der Waals surface area contributed by atoms with Gasteiger partial charge in [-0.3, -0.25) is 19.3 Å². The van der Waals surface area contributed by atoms with E-state index in [1.165, 1.54) is 11.8 Å². The molecule has 1 heterocycles. The Balaban J connectivity index is 1.62. The number of benzene rings is 2. The number of fused-ring (bicyclic) bond motifs is 1. The van der Waals surface area contributed by atoms with E-state index in [1.54, 1.807) is 24.3 Å². The van der Waals surface area contributed by atoms with Crippen LogP contribution in [-0.2, 0) is 19.1 Å². The highest BCUT2D eigenvalue weighted by atomic mass is 16.5. The van der Waals surface area contributed by atoms with Gasteiger partial charge in [0.1, 0.15) is 12.3 Å². The van der Waals surface area contributed by atoms with Crippen LogP contribution in [0.15, 0.2) is 54.6 Å². The third-order valence-corrected chi connectivity index (χ3v) is 5.09. The molecule has 1 aliphatic rings. The molecule has 3 rings (SSSR count). The van der Waals surface area contributed by atoms with Crippen LogP contribution in [0.25, 0.3) is 0 Å². The molecular formula is C24H28N2O5. The van der Waals surface area contributed by atoms with Gasteiger partial charge in [0.15, 0.2) is 6.10 Å². The van der Waals surface area contributed by atoms with Crippen LogP contribution in [0.2, 0.25) is 0 Å². The number of hydrogen-bond donors (Lipinski definition) is 1. The summed E-state index contributed by atoms with van der Waals surface area (Å²) in [6, 6.07) is 16.6. The Bertz CT molecular complexity index is 915. The van der Waals surface area contributed by atoms with E-state index in [0.29, 0.717) is 11.4 Å². The van der Waals surface area contributed by atoms with Gasteiger partial charge in [0.05, 0.1) is 24.8 Å². The highest BCUT2D eigenvalue weighted by Gasteiger charge is 2.28. The molecule has 0 aliphatic carbocycles. The molecule has 0 saturated carbocycles. The van der Waals surface area contributed by atoms with Crippen molar-refractivity contribution in [3.63, 3.8) is 0 Å². The average molecular weight is 424 g/mol. The molecule has 7 heteroatoms. The molecule has 1 N–H and O–H groups in total. The van der Waals surface area contributed by atoms with Crippen molar-refractivity contribution in [3.8, 4) is 5.75 Å².